The highest BCUT2D eigenvalue weighted by atomic mass is 35.5. The van der Waals surface area contributed by atoms with Crippen molar-refractivity contribution in [2.75, 3.05) is 25.2 Å². The van der Waals surface area contributed by atoms with Crippen molar-refractivity contribution in [1.82, 2.24) is 0 Å². The Hall–Kier alpha value is -0.710. The predicted molar refractivity (Wildman–Crippen MR) is 66.7 cm³/mol. The van der Waals surface area contributed by atoms with Crippen LogP contribution in [0, 0.1) is 0 Å². The van der Waals surface area contributed by atoms with E-state index in [9.17, 15) is 4.79 Å². The second-order valence-electron chi connectivity index (χ2n) is 3.05. The van der Waals surface area contributed by atoms with Crippen LogP contribution in [-0.4, -0.2) is 36.1 Å². The second-order valence-corrected chi connectivity index (χ2v) is 4.56. The van der Waals surface area contributed by atoms with Crippen LogP contribution in [0.4, 0.5) is 0 Å². The first-order valence-electron chi connectivity index (χ1n) is 4.74. The Morgan fingerprint density at radius 3 is 2.88 bits per heavy atom. The lowest BCUT2D eigenvalue weighted by Crippen LogP contribution is -2.04. The monoisotopic (exact) mass is 260 g/mol. The molecular weight excluding hydrogens is 248 g/mol. The summed E-state index contributed by atoms with van der Waals surface area (Å²) in [6.45, 7) is 0.0846. The average Bonchev–Trinajstić information content (AvgIpc) is 2.29. The minimum atomic E-state index is 0.00278. The largest absolute Gasteiger partial charge is 0.495 e. The Morgan fingerprint density at radius 1 is 1.56 bits per heavy atom. The number of ether oxygens (including phenoxy) is 1. The van der Waals surface area contributed by atoms with Crippen LogP contribution in [0.15, 0.2) is 18.2 Å². The molecule has 0 saturated carbocycles. The number of rotatable bonds is 6. The van der Waals surface area contributed by atoms with Crippen LogP contribution in [-0.2, 0) is 0 Å². The highest BCUT2D eigenvalue weighted by Crippen LogP contribution is 2.25. The number of hydrogen-bond acceptors (Lipinski definition) is 4. The first kappa shape index (κ1) is 13.4. The molecule has 16 heavy (non-hydrogen) atoms. The molecule has 0 radical (unpaired) electrons. The quantitative estimate of drug-likeness (QED) is 0.630. The van der Waals surface area contributed by atoms with Crippen molar-refractivity contribution >= 4 is 29.1 Å². The number of carbonyl (C=O) groups excluding carboxylic acids is 1. The Bertz CT molecular complexity index is 368. The number of benzene rings is 1. The molecule has 0 aliphatic carbocycles. The molecule has 0 unspecified atom stereocenters. The van der Waals surface area contributed by atoms with E-state index in [1.165, 1.54) is 18.9 Å². The van der Waals surface area contributed by atoms with E-state index >= 15 is 0 Å². The van der Waals surface area contributed by atoms with Crippen molar-refractivity contribution in [3.05, 3.63) is 28.8 Å². The lowest BCUT2D eigenvalue weighted by molar-refractivity contribution is 0.102. The van der Waals surface area contributed by atoms with Crippen LogP contribution >= 0.6 is 23.4 Å². The first-order chi connectivity index (χ1) is 7.69. The maximum Gasteiger partial charge on any atom is 0.172 e. The molecule has 0 heterocycles. The van der Waals surface area contributed by atoms with E-state index < -0.39 is 0 Å². The van der Waals surface area contributed by atoms with Crippen LogP contribution in [0.3, 0.4) is 0 Å². The zero-order valence-electron chi connectivity index (χ0n) is 8.90. The Morgan fingerprint density at radius 2 is 2.31 bits per heavy atom. The number of carbonyl (C=O) groups is 1. The maximum absolute atomic E-state index is 11.7. The summed E-state index contributed by atoms with van der Waals surface area (Å²) in [5, 5.41) is 9.02. The zero-order chi connectivity index (χ0) is 12.0. The molecule has 0 bridgehead atoms. The molecule has 88 valence electrons. The summed E-state index contributed by atoms with van der Waals surface area (Å²) in [5.41, 5.74) is 0.566. The van der Waals surface area contributed by atoms with Crippen molar-refractivity contribution in [2.24, 2.45) is 0 Å². The number of Topliss-reactive ketones (excluding diaryl/α,β-unsaturated/α-hetero) is 1. The van der Waals surface area contributed by atoms with Gasteiger partial charge in [0.15, 0.2) is 5.78 Å². The van der Waals surface area contributed by atoms with E-state index in [0.29, 0.717) is 27.8 Å². The molecule has 0 aliphatic heterocycles. The van der Waals surface area contributed by atoms with E-state index in [2.05, 4.69) is 0 Å². The van der Waals surface area contributed by atoms with Gasteiger partial charge in [0.1, 0.15) is 5.75 Å². The minimum Gasteiger partial charge on any atom is -0.495 e. The summed E-state index contributed by atoms with van der Waals surface area (Å²) in [7, 11) is 1.53. The molecule has 1 aromatic rings. The molecule has 1 N–H and O–H groups in total. The molecule has 1 rings (SSSR count). The fourth-order valence-corrected chi connectivity index (χ4v) is 2.04. The lowest BCUT2D eigenvalue weighted by atomic mass is 10.1. The fraction of sp³-hybridized carbons (Fsp3) is 0.364. The van der Waals surface area contributed by atoms with E-state index in [1.54, 1.807) is 18.2 Å². The molecule has 0 saturated heterocycles. The van der Waals surface area contributed by atoms with Crippen molar-refractivity contribution in [2.45, 2.75) is 0 Å². The number of hydrogen-bond donors (Lipinski definition) is 1. The van der Waals surface area contributed by atoms with Crippen LogP contribution in [0.5, 0.6) is 5.75 Å². The van der Waals surface area contributed by atoms with E-state index in [-0.39, 0.29) is 12.4 Å². The SMILES string of the molecule is COc1ccc(C(=O)CSCCO)cc1Cl. The third kappa shape index (κ3) is 3.70. The number of aliphatic hydroxyl groups excluding tert-OH is 1. The number of thioether (sulfide) groups is 1. The lowest BCUT2D eigenvalue weighted by Gasteiger charge is -2.05. The number of halogens is 1. The fourth-order valence-electron chi connectivity index (χ4n) is 1.15. The van der Waals surface area contributed by atoms with Gasteiger partial charge in [-0.3, -0.25) is 4.79 Å². The molecule has 5 heteroatoms. The van der Waals surface area contributed by atoms with Crippen molar-refractivity contribution in [1.29, 1.82) is 0 Å². The Labute approximate surface area is 104 Å². The van der Waals surface area contributed by atoms with Crippen molar-refractivity contribution in [3.8, 4) is 5.75 Å². The van der Waals surface area contributed by atoms with Gasteiger partial charge in [-0.1, -0.05) is 11.6 Å². The summed E-state index contributed by atoms with van der Waals surface area (Å²) < 4.78 is 5.00. The Kier molecular flexibility index (Phi) is 5.66. The number of ketones is 1. The molecular formula is C11H13ClO3S. The smallest absolute Gasteiger partial charge is 0.172 e. The van der Waals surface area contributed by atoms with Gasteiger partial charge in [0, 0.05) is 11.3 Å². The molecule has 0 spiro atoms. The van der Waals surface area contributed by atoms with E-state index in [1.807, 2.05) is 0 Å². The molecule has 0 aromatic heterocycles. The first-order valence-corrected chi connectivity index (χ1v) is 6.27. The molecule has 0 amide bonds. The minimum absolute atomic E-state index is 0.00278. The van der Waals surface area contributed by atoms with Gasteiger partial charge in [-0.05, 0) is 18.2 Å². The Balaban J connectivity index is 2.66. The van der Waals surface area contributed by atoms with Gasteiger partial charge >= 0.3 is 0 Å². The zero-order valence-corrected chi connectivity index (χ0v) is 10.5. The van der Waals surface area contributed by atoms with Crippen LogP contribution < -0.4 is 4.74 Å². The van der Waals surface area contributed by atoms with E-state index in [0.717, 1.165) is 0 Å². The average molecular weight is 261 g/mol. The third-order valence-electron chi connectivity index (χ3n) is 1.94. The van der Waals surface area contributed by atoms with Gasteiger partial charge in [-0.15, -0.1) is 0 Å². The van der Waals surface area contributed by atoms with Crippen LogP contribution in [0.25, 0.3) is 0 Å². The van der Waals surface area contributed by atoms with Gasteiger partial charge in [0.2, 0.25) is 0 Å². The molecule has 1 aromatic carbocycles. The van der Waals surface area contributed by atoms with Gasteiger partial charge in [-0.25, -0.2) is 0 Å². The van der Waals surface area contributed by atoms with Gasteiger partial charge < -0.3 is 9.84 Å². The summed E-state index contributed by atoms with van der Waals surface area (Å²) in [4.78, 5) is 11.7. The second kappa shape index (κ2) is 6.78. The topological polar surface area (TPSA) is 46.5 Å². The van der Waals surface area contributed by atoms with Gasteiger partial charge in [-0.2, -0.15) is 11.8 Å². The summed E-state index contributed by atoms with van der Waals surface area (Å²) >= 11 is 7.31. The normalized spacial score (nSPS) is 10.2. The molecule has 0 fully saturated rings. The standard InChI is InChI=1S/C11H13ClO3S/c1-15-11-3-2-8(6-9(11)12)10(14)7-16-5-4-13/h2-3,6,13H,4-5,7H2,1H3. The molecule has 3 nitrogen and oxygen atoms in total. The summed E-state index contributed by atoms with van der Waals surface area (Å²) in [6.07, 6.45) is 0. The summed E-state index contributed by atoms with van der Waals surface area (Å²) in [6, 6.07) is 4.96. The predicted octanol–water partition coefficient (Wildman–Crippen LogP) is 2.26. The number of aliphatic hydroxyl groups is 1. The third-order valence-corrected chi connectivity index (χ3v) is 3.18. The highest BCUT2D eigenvalue weighted by molar-refractivity contribution is 8.00. The van der Waals surface area contributed by atoms with Crippen LogP contribution in [0.1, 0.15) is 10.4 Å². The van der Waals surface area contributed by atoms with Gasteiger partial charge in [0.25, 0.3) is 0 Å². The summed E-state index contributed by atoms with van der Waals surface area (Å²) in [5.74, 6) is 1.47. The molecule has 0 atom stereocenters. The van der Waals surface area contributed by atoms with E-state index in [4.69, 9.17) is 21.4 Å². The highest BCUT2D eigenvalue weighted by Gasteiger charge is 2.08. The maximum atomic E-state index is 11.7. The van der Waals surface area contributed by atoms with Gasteiger partial charge in [0.05, 0.1) is 24.5 Å². The molecule has 0 aliphatic rings. The van der Waals surface area contributed by atoms with Crippen molar-refractivity contribution in [3.63, 3.8) is 0 Å². The number of methoxy groups -OCH3 is 1. The van der Waals surface area contributed by atoms with Crippen LogP contribution in [0.2, 0.25) is 5.02 Å². The van der Waals surface area contributed by atoms with Crippen molar-refractivity contribution < 1.29 is 14.6 Å².